The first-order valence-electron chi connectivity index (χ1n) is 6.24. The first-order chi connectivity index (χ1) is 9.36. The second-order valence-corrected chi connectivity index (χ2v) is 6.71. The first kappa shape index (κ1) is 16.9. The van der Waals surface area contributed by atoms with Crippen LogP contribution in [0.25, 0.3) is 0 Å². The van der Waals surface area contributed by atoms with Gasteiger partial charge in [0.2, 0.25) is 5.91 Å². The van der Waals surface area contributed by atoms with E-state index in [0.717, 1.165) is 0 Å². The Kier molecular flexibility index (Phi) is 6.45. The van der Waals surface area contributed by atoms with Crippen LogP contribution in [0.2, 0.25) is 5.02 Å². The fourth-order valence-electron chi connectivity index (χ4n) is 1.54. The molecule has 1 atom stereocenters. The molecule has 5 nitrogen and oxygen atoms in total. The lowest BCUT2D eigenvalue weighted by Gasteiger charge is -2.12. The Morgan fingerprint density at radius 2 is 1.95 bits per heavy atom. The quantitative estimate of drug-likeness (QED) is 0.829. The minimum absolute atomic E-state index is 0.0429. The number of nitrogens with one attached hydrogen (secondary N) is 1. The molecule has 0 aromatic heterocycles. The molecule has 112 valence electrons. The third-order valence-corrected chi connectivity index (χ3v) is 4.61. The van der Waals surface area contributed by atoms with E-state index in [0.29, 0.717) is 11.6 Å². The number of benzene rings is 1. The van der Waals surface area contributed by atoms with Gasteiger partial charge in [-0.25, -0.2) is 8.42 Å². The van der Waals surface area contributed by atoms with Crippen LogP contribution in [0.1, 0.15) is 13.8 Å². The van der Waals surface area contributed by atoms with Gasteiger partial charge < -0.3 is 10.1 Å². The third kappa shape index (κ3) is 5.11. The predicted octanol–water partition coefficient (Wildman–Crippen LogP) is 1.65. The van der Waals surface area contributed by atoms with E-state index in [2.05, 4.69) is 5.32 Å². The van der Waals surface area contributed by atoms with Crippen LogP contribution >= 0.6 is 11.6 Å². The van der Waals surface area contributed by atoms with E-state index < -0.39 is 15.9 Å². The standard InChI is InChI=1S/C13H18ClNO4S/c1-3-19-10(2)13(16)15-8-9-20(17,18)12-6-4-11(14)5-7-12/h4-7,10H,3,8-9H2,1-2H3,(H,15,16). The Labute approximate surface area is 124 Å². The summed E-state index contributed by atoms with van der Waals surface area (Å²) in [4.78, 5) is 11.7. The zero-order valence-electron chi connectivity index (χ0n) is 11.4. The Morgan fingerprint density at radius 1 is 1.35 bits per heavy atom. The highest BCUT2D eigenvalue weighted by atomic mass is 35.5. The molecule has 1 aromatic carbocycles. The Morgan fingerprint density at radius 3 is 2.50 bits per heavy atom. The van der Waals surface area contributed by atoms with Crippen LogP contribution in [0, 0.1) is 0 Å². The average molecular weight is 320 g/mol. The molecule has 1 N–H and O–H groups in total. The van der Waals surface area contributed by atoms with E-state index in [1.807, 2.05) is 0 Å². The second kappa shape index (κ2) is 7.61. The second-order valence-electron chi connectivity index (χ2n) is 4.16. The van der Waals surface area contributed by atoms with Crippen molar-refractivity contribution < 1.29 is 17.9 Å². The zero-order valence-corrected chi connectivity index (χ0v) is 13.0. The van der Waals surface area contributed by atoms with Crippen LogP contribution in [0.3, 0.4) is 0 Å². The normalized spacial score (nSPS) is 12.9. The van der Waals surface area contributed by atoms with Crippen molar-refractivity contribution in [1.82, 2.24) is 5.32 Å². The topological polar surface area (TPSA) is 72.5 Å². The highest BCUT2D eigenvalue weighted by molar-refractivity contribution is 7.91. The van der Waals surface area contributed by atoms with Gasteiger partial charge in [0.05, 0.1) is 10.6 Å². The molecule has 0 aliphatic heterocycles. The van der Waals surface area contributed by atoms with Crippen molar-refractivity contribution in [2.75, 3.05) is 18.9 Å². The first-order valence-corrected chi connectivity index (χ1v) is 8.27. The number of amides is 1. The zero-order chi connectivity index (χ0) is 15.2. The molecule has 0 aliphatic carbocycles. The van der Waals surface area contributed by atoms with Crippen LogP contribution < -0.4 is 5.32 Å². The Balaban J connectivity index is 2.52. The molecule has 0 radical (unpaired) electrons. The van der Waals surface area contributed by atoms with Gasteiger partial charge in [0.15, 0.2) is 9.84 Å². The molecule has 1 amide bonds. The van der Waals surface area contributed by atoms with Gasteiger partial charge in [0.25, 0.3) is 0 Å². The summed E-state index contributed by atoms with van der Waals surface area (Å²) in [5.41, 5.74) is 0. The van der Waals surface area contributed by atoms with Crippen molar-refractivity contribution >= 4 is 27.3 Å². The summed E-state index contributed by atoms with van der Waals surface area (Å²) in [6.45, 7) is 3.88. The number of hydrogen-bond donors (Lipinski definition) is 1. The van der Waals surface area contributed by atoms with Gasteiger partial charge in [0.1, 0.15) is 6.10 Å². The van der Waals surface area contributed by atoms with E-state index in [4.69, 9.17) is 16.3 Å². The minimum Gasteiger partial charge on any atom is -0.369 e. The number of sulfone groups is 1. The average Bonchev–Trinajstić information content (AvgIpc) is 2.39. The summed E-state index contributed by atoms with van der Waals surface area (Å²) in [5, 5.41) is 3.01. The number of halogens is 1. The van der Waals surface area contributed by atoms with Crippen LogP contribution in [0.15, 0.2) is 29.2 Å². The molecule has 1 aromatic rings. The molecular formula is C13H18ClNO4S. The third-order valence-electron chi connectivity index (χ3n) is 2.63. The number of rotatable bonds is 7. The summed E-state index contributed by atoms with van der Waals surface area (Å²) in [5.74, 6) is -0.489. The summed E-state index contributed by atoms with van der Waals surface area (Å²) >= 11 is 5.71. The largest absolute Gasteiger partial charge is 0.369 e. The van der Waals surface area contributed by atoms with Crippen LogP contribution in [0.5, 0.6) is 0 Å². The van der Waals surface area contributed by atoms with Gasteiger partial charge in [-0.15, -0.1) is 0 Å². The fourth-order valence-corrected chi connectivity index (χ4v) is 2.82. The van der Waals surface area contributed by atoms with E-state index in [1.165, 1.54) is 24.3 Å². The van der Waals surface area contributed by atoms with E-state index in [-0.39, 0.29) is 23.1 Å². The van der Waals surface area contributed by atoms with E-state index in [9.17, 15) is 13.2 Å². The van der Waals surface area contributed by atoms with Gasteiger partial charge in [-0.05, 0) is 38.1 Å². The summed E-state index contributed by atoms with van der Waals surface area (Å²) in [6.07, 6.45) is -0.585. The lowest BCUT2D eigenvalue weighted by atomic mass is 10.4. The van der Waals surface area contributed by atoms with Crippen LogP contribution in [-0.4, -0.2) is 39.3 Å². The maximum Gasteiger partial charge on any atom is 0.248 e. The lowest BCUT2D eigenvalue weighted by Crippen LogP contribution is -2.37. The van der Waals surface area contributed by atoms with Crippen molar-refractivity contribution in [3.63, 3.8) is 0 Å². The summed E-state index contributed by atoms with van der Waals surface area (Å²) in [7, 11) is -3.42. The van der Waals surface area contributed by atoms with Crippen molar-refractivity contribution in [2.45, 2.75) is 24.8 Å². The Bertz CT molecular complexity index is 542. The lowest BCUT2D eigenvalue weighted by molar-refractivity contribution is -0.131. The highest BCUT2D eigenvalue weighted by Gasteiger charge is 2.16. The number of ether oxygens (including phenoxy) is 1. The summed E-state index contributed by atoms with van der Waals surface area (Å²) in [6, 6.07) is 5.93. The number of carbonyl (C=O) groups excluding carboxylic acids is 1. The van der Waals surface area contributed by atoms with Crippen molar-refractivity contribution in [1.29, 1.82) is 0 Å². The summed E-state index contributed by atoms with van der Waals surface area (Å²) < 4.78 is 29.1. The maximum atomic E-state index is 12.0. The van der Waals surface area contributed by atoms with Gasteiger partial charge in [-0.2, -0.15) is 0 Å². The molecule has 1 rings (SSSR count). The molecule has 7 heteroatoms. The van der Waals surface area contributed by atoms with E-state index in [1.54, 1.807) is 13.8 Å². The smallest absolute Gasteiger partial charge is 0.248 e. The molecule has 0 saturated carbocycles. The predicted molar refractivity (Wildman–Crippen MR) is 77.6 cm³/mol. The van der Waals surface area contributed by atoms with Gasteiger partial charge in [0, 0.05) is 18.2 Å². The molecular weight excluding hydrogens is 302 g/mol. The molecule has 0 heterocycles. The molecule has 0 bridgehead atoms. The molecule has 0 spiro atoms. The molecule has 0 aliphatic rings. The van der Waals surface area contributed by atoms with Crippen LogP contribution in [0.4, 0.5) is 0 Å². The van der Waals surface area contributed by atoms with Crippen molar-refractivity contribution in [2.24, 2.45) is 0 Å². The van der Waals surface area contributed by atoms with Crippen LogP contribution in [-0.2, 0) is 19.4 Å². The maximum absolute atomic E-state index is 12.0. The monoisotopic (exact) mass is 319 g/mol. The Hall–Kier alpha value is -1.11. The molecule has 0 fully saturated rings. The van der Waals surface area contributed by atoms with Crippen molar-refractivity contribution in [3.8, 4) is 0 Å². The van der Waals surface area contributed by atoms with Crippen molar-refractivity contribution in [3.05, 3.63) is 29.3 Å². The number of hydrogen-bond acceptors (Lipinski definition) is 4. The van der Waals surface area contributed by atoms with Gasteiger partial charge in [-0.3, -0.25) is 4.79 Å². The highest BCUT2D eigenvalue weighted by Crippen LogP contribution is 2.15. The molecule has 1 unspecified atom stereocenters. The molecule has 20 heavy (non-hydrogen) atoms. The van der Waals surface area contributed by atoms with E-state index >= 15 is 0 Å². The minimum atomic E-state index is -3.42. The SMILES string of the molecule is CCOC(C)C(=O)NCCS(=O)(=O)c1ccc(Cl)cc1. The number of carbonyl (C=O) groups is 1. The fraction of sp³-hybridized carbons (Fsp3) is 0.462. The molecule has 0 saturated heterocycles. The van der Waals surface area contributed by atoms with Gasteiger partial charge in [-0.1, -0.05) is 11.6 Å². The van der Waals surface area contributed by atoms with Gasteiger partial charge >= 0.3 is 0 Å².